The summed E-state index contributed by atoms with van der Waals surface area (Å²) in [7, 11) is 3.44. The molecule has 0 bridgehead atoms. The number of carbonyl (C=O) groups is 2. The van der Waals surface area contributed by atoms with E-state index in [1.807, 2.05) is 36.4 Å². The van der Waals surface area contributed by atoms with Crippen LogP contribution in [-0.2, 0) is 11.2 Å². The average molecular weight is 312 g/mol. The summed E-state index contributed by atoms with van der Waals surface area (Å²) in [5.41, 5.74) is 9.05. The molecule has 0 saturated carbocycles. The summed E-state index contributed by atoms with van der Waals surface area (Å²) in [6.45, 7) is 0. The number of carboxylic acid groups (broad SMARTS) is 1. The maximum Gasteiger partial charge on any atom is 0.320 e. The van der Waals surface area contributed by atoms with Gasteiger partial charge in [-0.2, -0.15) is 0 Å². The lowest BCUT2D eigenvalue weighted by molar-refractivity contribution is -0.138. The SMILES string of the molecule is CN(C)C(=O)c1ccc(-c2ccc(C[C@H](N)C(=O)O)cc2)cc1. The first-order valence-corrected chi connectivity index (χ1v) is 7.28. The van der Waals surface area contributed by atoms with E-state index in [-0.39, 0.29) is 5.91 Å². The van der Waals surface area contributed by atoms with Crippen LogP contribution < -0.4 is 5.73 Å². The monoisotopic (exact) mass is 312 g/mol. The molecule has 2 aromatic carbocycles. The number of aliphatic carboxylic acids is 1. The van der Waals surface area contributed by atoms with Gasteiger partial charge in [0, 0.05) is 19.7 Å². The van der Waals surface area contributed by atoms with Gasteiger partial charge in [0.2, 0.25) is 0 Å². The summed E-state index contributed by atoms with van der Waals surface area (Å²) in [5, 5.41) is 8.83. The van der Waals surface area contributed by atoms with E-state index in [0.29, 0.717) is 12.0 Å². The zero-order valence-corrected chi connectivity index (χ0v) is 13.2. The van der Waals surface area contributed by atoms with Gasteiger partial charge in [-0.25, -0.2) is 0 Å². The first kappa shape index (κ1) is 16.7. The molecule has 1 atom stereocenters. The second-order valence-corrected chi connectivity index (χ2v) is 5.62. The van der Waals surface area contributed by atoms with Crippen molar-refractivity contribution in [2.75, 3.05) is 14.1 Å². The quantitative estimate of drug-likeness (QED) is 0.884. The van der Waals surface area contributed by atoms with Crippen molar-refractivity contribution in [3.05, 3.63) is 59.7 Å². The van der Waals surface area contributed by atoms with Crippen LogP contribution in [0.2, 0.25) is 0 Å². The minimum absolute atomic E-state index is 0.0328. The predicted molar refractivity (Wildman–Crippen MR) is 89.2 cm³/mol. The molecule has 120 valence electrons. The molecule has 1 amide bonds. The summed E-state index contributed by atoms with van der Waals surface area (Å²) >= 11 is 0. The van der Waals surface area contributed by atoms with Gasteiger partial charge in [0.25, 0.3) is 5.91 Å². The van der Waals surface area contributed by atoms with Crippen molar-refractivity contribution in [1.82, 2.24) is 4.90 Å². The summed E-state index contributed by atoms with van der Waals surface area (Å²) in [4.78, 5) is 24.2. The number of rotatable bonds is 5. The highest BCUT2D eigenvalue weighted by atomic mass is 16.4. The minimum atomic E-state index is -1.00. The first-order valence-electron chi connectivity index (χ1n) is 7.28. The van der Waals surface area contributed by atoms with Crippen molar-refractivity contribution in [2.45, 2.75) is 12.5 Å². The second kappa shape index (κ2) is 7.07. The number of amides is 1. The van der Waals surface area contributed by atoms with E-state index >= 15 is 0 Å². The Hall–Kier alpha value is -2.66. The van der Waals surface area contributed by atoms with Gasteiger partial charge in [-0.15, -0.1) is 0 Å². The Morgan fingerprint density at radius 3 is 1.91 bits per heavy atom. The standard InChI is InChI=1S/C18H20N2O3/c1-20(2)17(21)15-9-7-14(8-10-15)13-5-3-12(4-6-13)11-16(19)18(22)23/h3-10,16H,11,19H2,1-2H3,(H,22,23)/t16-/m0/s1. The molecule has 0 aliphatic heterocycles. The third-order valence-electron chi connectivity index (χ3n) is 3.60. The van der Waals surface area contributed by atoms with Crippen LogP contribution in [0.1, 0.15) is 15.9 Å². The topological polar surface area (TPSA) is 83.6 Å². The second-order valence-electron chi connectivity index (χ2n) is 5.62. The molecular formula is C18H20N2O3. The third kappa shape index (κ3) is 4.17. The number of nitrogens with zero attached hydrogens (tertiary/aromatic N) is 1. The first-order chi connectivity index (χ1) is 10.9. The van der Waals surface area contributed by atoms with Crippen LogP contribution in [0.25, 0.3) is 11.1 Å². The molecule has 0 spiro atoms. The van der Waals surface area contributed by atoms with Crippen molar-refractivity contribution in [2.24, 2.45) is 5.73 Å². The Morgan fingerprint density at radius 2 is 1.48 bits per heavy atom. The molecule has 2 aromatic rings. The predicted octanol–water partition coefficient (Wildman–Crippen LogP) is 2.01. The number of nitrogens with two attached hydrogens (primary N) is 1. The molecule has 5 heteroatoms. The van der Waals surface area contributed by atoms with Crippen LogP contribution >= 0.6 is 0 Å². The van der Waals surface area contributed by atoms with E-state index in [9.17, 15) is 9.59 Å². The van der Waals surface area contributed by atoms with Crippen molar-refractivity contribution in [3.8, 4) is 11.1 Å². The highest BCUT2D eigenvalue weighted by molar-refractivity contribution is 5.94. The lowest BCUT2D eigenvalue weighted by atomic mass is 10.00. The minimum Gasteiger partial charge on any atom is -0.480 e. The average Bonchev–Trinajstić information content (AvgIpc) is 2.55. The molecule has 3 N–H and O–H groups in total. The van der Waals surface area contributed by atoms with Gasteiger partial charge in [-0.1, -0.05) is 36.4 Å². The fourth-order valence-electron chi connectivity index (χ4n) is 2.24. The normalized spacial score (nSPS) is 11.8. The van der Waals surface area contributed by atoms with Crippen LogP contribution in [0.3, 0.4) is 0 Å². The number of hydrogen-bond donors (Lipinski definition) is 2. The van der Waals surface area contributed by atoms with E-state index < -0.39 is 12.0 Å². The van der Waals surface area contributed by atoms with Crippen molar-refractivity contribution < 1.29 is 14.7 Å². The van der Waals surface area contributed by atoms with Gasteiger partial charge in [-0.05, 0) is 35.2 Å². The summed E-state index contributed by atoms with van der Waals surface area (Å²) in [6, 6.07) is 14.1. The largest absolute Gasteiger partial charge is 0.480 e. The van der Waals surface area contributed by atoms with E-state index in [1.54, 1.807) is 26.2 Å². The molecule has 0 unspecified atom stereocenters. The van der Waals surface area contributed by atoms with Crippen LogP contribution in [-0.4, -0.2) is 42.0 Å². The summed E-state index contributed by atoms with van der Waals surface area (Å²) in [6.07, 6.45) is 0.298. The zero-order chi connectivity index (χ0) is 17.0. The molecule has 0 aromatic heterocycles. The van der Waals surface area contributed by atoms with E-state index in [2.05, 4.69) is 0 Å². The van der Waals surface area contributed by atoms with Gasteiger partial charge in [-0.3, -0.25) is 9.59 Å². The van der Waals surface area contributed by atoms with Crippen molar-refractivity contribution >= 4 is 11.9 Å². The Morgan fingerprint density at radius 1 is 1.00 bits per heavy atom. The third-order valence-corrected chi connectivity index (χ3v) is 3.60. The Balaban J connectivity index is 2.13. The molecule has 0 aliphatic rings. The summed E-state index contributed by atoms with van der Waals surface area (Å²) in [5.74, 6) is -1.04. The number of carbonyl (C=O) groups excluding carboxylic acids is 1. The number of benzene rings is 2. The Labute approximate surface area is 135 Å². The van der Waals surface area contributed by atoms with Gasteiger partial charge in [0.15, 0.2) is 0 Å². The fourth-order valence-corrected chi connectivity index (χ4v) is 2.24. The molecule has 2 rings (SSSR count). The Bertz CT molecular complexity index is 691. The summed E-state index contributed by atoms with van der Waals surface area (Å²) < 4.78 is 0. The maximum absolute atomic E-state index is 11.9. The number of carboxylic acids is 1. The molecule has 0 aliphatic carbocycles. The molecule has 5 nitrogen and oxygen atoms in total. The van der Waals surface area contributed by atoms with E-state index in [4.69, 9.17) is 10.8 Å². The lowest BCUT2D eigenvalue weighted by Crippen LogP contribution is -2.32. The highest BCUT2D eigenvalue weighted by Crippen LogP contribution is 2.21. The van der Waals surface area contributed by atoms with Crippen LogP contribution in [0.5, 0.6) is 0 Å². The van der Waals surface area contributed by atoms with Gasteiger partial charge in [0.05, 0.1) is 0 Å². The zero-order valence-electron chi connectivity index (χ0n) is 13.2. The molecular weight excluding hydrogens is 292 g/mol. The smallest absolute Gasteiger partial charge is 0.320 e. The van der Waals surface area contributed by atoms with Gasteiger partial charge < -0.3 is 15.7 Å². The van der Waals surface area contributed by atoms with Crippen LogP contribution in [0.15, 0.2) is 48.5 Å². The molecule has 0 radical (unpaired) electrons. The molecule has 0 heterocycles. The molecule has 0 fully saturated rings. The maximum atomic E-state index is 11.9. The van der Waals surface area contributed by atoms with Crippen molar-refractivity contribution in [3.63, 3.8) is 0 Å². The van der Waals surface area contributed by atoms with Gasteiger partial charge in [0.1, 0.15) is 6.04 Å². The highest BCUT2D eigenvalue weighted by Gasteiger charge is 2.12. The van der Waals surface area contributed by atoms with Crippen LogP contribution in [0, 0.1) is 0 Å². The lowest BCUT2D eigenvalue weighted by Gasteiger charge is -2.11. The number of hydrogen-bond acceptors (Lipinski definition) is 3. The van der Waals surface area contributed by atoms with Crippen molar-refractivity contribution in [1.29, 1.82) is 0 Å². The molecule has 23 heavy (non-hydrogen) atoms. The van der Waals surface area contributed by atoms with E-state index in [0.717, 1.165) is 16.7 Å². The fraction of sp³-hybridized carbons (Fsp3) is 0.222. The van der Waals surface area contributed by atoms with Crippen LogP contribution in [0.4, 0.5) is 0 Å². The Kier molecular flexibility index (Phi) is 5.13. The van der Waals surface area contributed by atoms with E-state index in [1.165, 1.54) is 4.90 Å². The molecule has 0 saturated heterocycles. The van der Waals surface area contributed by atoms with Gasteiger partial charge >= 0.3 is 5.97 Å².